The van der Waals surface area contributed by atoms with E-state index >= 15 is 0 Å². The predicted molar refractivity (Wildman–Crippen MR) is 147 cm³/mol. The minimum atomic E-state index is -4.23. The molecular formula is C25H36ClN5O6S. The van der Waals surface area contributed by atoms with Crippen LogP contribution < -0.4 is 26.8 Å². The predicted octanol–water partition coefficient (Wildman–Crippen LogP) is 1.14. The summed E-state index contributed by atoms with van der Waals surface area (Å²) in [7, 11) is -4.23. The molecule has 0 saturated carbocycles. The number of allylic oxidation sites excluding steroid dienone is 5. The van der Waals surface area contributed by atoms with E-state index in [2.05, 4.69) is 21.9 Å². The van der Waals surface area contributed by atoms with Gasteiger partial charge in [-0.15, -0.1) is 0 Å². The smallest absolute Gasteiger partial charge is 0.322 e. The van der Waals surface area contributed by atoms with Gasteiger partial charge >= 0.3 is 5.97 Å². The summed E-state index contributed by atoms with van der Waals surface area (Å²) >= 11 is 6.01. The van der Waals surface area contributed by atoms with Crippen LogP contribution in [0, 0.1) is 0 Å². The lowest BCUT2D eigenvalue weighted by Crippen LogP contribution is -2.50. The highest BCUT2D eigenvalue weighted by Crippen LogP contribution is 2.15. The Morgan fingerprint density at radius 3 is 2.50 bits per heavy atom. The van der Waals surface area contributed by atoms with Gasteiger partial charge in [0.15, 0.2) is 5.75 Å². The number of hydrogen-bond acceptors (Lipinski definition) is 8. The summed E-state index contributed by atoms with van der Waals surface area (Å²) in [5.41, 5.74) is 13.5. The van der Waals surface area contributed by atoms with Crippen molar-refractivity contribution in [3.8, 4) is 0 Å². The van der Waals surface area contributed by atoms with Crippen molar-refractivity contribution in [3.05, 3.63) is 70.9 Å². The zero-order valence-electron chi connectivity index (χ0n) is 21.5. The molecule has 0 spiro atoms. The molecule has 2 amide bonds. The molecule has 0 aliphatic heterocycles. The van der Waals surface area contributed by atoms with E-state index in [1.54, 1.807) is 56.4 Å². The van der Waals surface area contributed by atoms with Gasteiger partial charge in [0, 0.05) is 23.8 Å². The Labute approximate surface area is 228 Å². The zero-order chi connectivity index (χ0) is 28.7. The molecule has 0 aromatic heterocycles. The van der Waals surface area contributed by atoms with Crippen LogP contribution in [0.15, 0.2) is 54.8 Å². The fraction of sp³-hybridized carbons (Fsp3) is 0.400. The quantitative estimate of drug-likeness (QED) is 0.145. The monoisotopic (exact) mass is 569 g/mol. The van der Waals surface area contributed by atoms with Crippen LogP contribution in [0.4, 0.5) is 0 Å². The van der Waals surface area contributed by atoms with Crippen LogP contribution in [0.25, 0.3) is 0 Å². The van der Waals surface area contributed by atoms with Crippen molar-refractivity contribution in [1.29, 1.82) is 0 Å². The summed E-state index contributed by atoms with van der Waals surface area (Å²) in [6, 6.07) is 3.83. The number of carbonyl (C=O) groups excluding carboxylic acids is 3. The highest BCUT2D eigenvalue weighted by molar-refractivity contribution is 7.90. The van der Waals surface area contributed by atoms with Gasteiger partial charge in [-0.05, 0) is 56.0 Å². The molecule has 11 nitrogen and oxygen atoms in total. The Kier molecular flexibility index (Phi) is 14.4. The van der Waals surface area contributed by atoms with Gasteiger partial charge in [-0.1, -0.05) is 42.5 Å². The minimum Gasteiger partial charge on any atom is -0.462 e. The molecule has 0 heterocycles. The number of benzene rings is 1. The van der Waals surface area contributed by atoms with E-state index in [1.165, 1.54) is 0 Å². The number of rotatable bonds is 16. The fourth-order valence-corrected chi connectivity index (χ4v) is 4.43. The van der Waals surface area contributed by atoms with Gasteiger partial charge in [0.1, 0.15) is 6.04 Å². The van der Waals surface area contributed by atoms with Gasteiger partial charge in [0.05, 0.1) is 12.6 Å². The van der Waals surface area contributed by atoms with E-state index in [9.17, 15) is 22.8 Å². The van der Waals surface area contributed by atoms with E-state index in [4.69, 9.17) is 27.8 Å². The molecule has 1 unspecified atom stereocenters. The van der Waals surface area contributed by atoms with E-state index in [0.717, 1.165) is 11.1 Å². The van der Waals surface area contributed by atoms with Crippen LogP contribution in [-0.4, -0.2) is 50.6 Å². The average molecular weight is 570 g/mol. The molecular weight excluding hydrogens is 534 g/mol. The van der Waals surface area contributed by atoms with E-state index in [1.807, 2.05) is 0 Å². The third-order valence-electron chi connectivity index (χ3n) is 4.88. The zero-order valence-corrected chi connectivity index (χ0v) is 23.1. The number of amides is 2. The Morgan fingerprint density at radius 2 is 1.87 bits per heavy atom. The average Bonchev–Trinajstić information content (AvgIpc) is 2.83. The molecule has 210 valence electrons. The van der Waals surface area contributed by atoms with Gasteiger partial charge in [-0.25, -0.2) is 13.1 Å². The Hall–Kier alpha value is -3.19. The van der Waals surface area contributed by atoms with Crippen LogP contribution in [0.5, 0.6) is 0 Å². The normalized spacial score (nSPS) is 12.8. The number of carbonyl (C=O) groups is 3. The number of ether oxygens (including phenoxy) is 1. The van der Waals surface area contributed by atoms with Crippen LogP contribution in [-0.2, 0) is 42.2 Å². The molecule has 0 radical (unpaired) electrons. The minimum absolute atomic E-state index is 0.0292. The molecule has 7 N–H and O–H groups in total. The first kappa shape index (κ1) is 32.8. The third-order valence-corrected chi connectivity index (χ3v) is 6.37. The second kappa shape index (κ2) is 16.6. The van der Waals surface area contributed by atoms with Crippen LogP contribution in [0.2, 0.25) is 5.02 Å². The second-order valence-corrected chi connectivity index (χ2v) is 10.7. The molecule has 38 heavy (non-hydrogen) atoms. The van der Waals surface area contributed by atoms with Gasteiger partial charge in [-0.3, -0.25) is 14.4 Å². The van der Waals surface area contributed by atoms with Gasteiger partial charge in [0.25, 0.3) is 0 Å². The van der Waals surface area contributed by atoms with Crippen molar-refractivity contribution in [3.63, 3.8) is 0 Å². The third kappa shape index (κ3) is 13.4. The lowest BCUT2D eigenvalue weighted by atomic mass is 10.1. The second-order valence-electron chi connectivity index (χ2n) is 8.48. The first-order valence-electron chi connectivity index (χ1n) is 11.8. The highest BCUT2D eigenvalue weighted by atomic mass is 35.5. The standard InChI is InChI=1S/C25H36ClN5O6S/c1-4-5-6-7-21(28)10-11-22(31-38(35,36)16-24(33)37-17(2)3)25(34)30-15-23(32)29-14-19-12-20(26)9-8-18(19)13-27/h4-9,12,17,22,31H,1,10-11,13-16,27-28H2,2-3H3,(H,29,32)(H,30,34)/b6-5-,21-7-. The molecule has 0 bridgehead atoms. The van der Waals surface area contributed by atoms with Crippen molar-refractivity contribution in [2.24, 2.45) is 11.5 Å². The molecule has 0 aliphatic rings. The SMILES string of the molecule is C=C/C=C\C=C(/N)CCC(NS(=O)(=O)CC(=O)OC(C)C)C(=O)NCC(=O)NCc1cc(Cl)ccc1CN. The number of hydrogen-bond donors (Lipinski definition) is 5. The molecule has 0 aliphatic carbocycles. The molecule has 1 atom stereocenters. The molecule has 1 aromatic rings. The van der Waals surface area contributed by atoms with E-state index in [0.29, 0.717) is 10.7 Å². The molecule has 0 saturated heterocycles. The summed E-state index contributed by atoms with van der Waals surface area (Å²) in [4.78, 5) is 37.0. The van der Waals surface area contributed by atoms with Crippen molar-refractivity contribution in [2.45, 2.75) is 51.9 Å². The van der Waals surface area contributed by atoms with Crippen molar-refractivity contribution >= 4 is 39.4 Å². The molecule has 1 aromatic carbocycles. The number of sulfonamides is 1. The summed E-state index contributed by atoms with van der Waals surface area (Å²) in [6.45, 7) is 6.68. The van der Waals surface area contributed by atoms with E-state index in [-0.39, 0.29) is 25.9 Å². The van der Waals surface area contributed by atoms with Crippen molar-refractivity contribution in [2.75, 3.05) is 12.3 Å². The molecule has 13 heteroatoms. The fourth-order valence-electron chi connectivity index (χ4n) is 3.11. The number of nitrogens with two attached hydrogens (primary N) is 2. The number of halogens is 1. The Morgan fingerprint density at radius 1 is 1.16 bits per heavy atom. The van der Waals surface area contributed by atoms with E-state index < -0.39 is 52.3 Å². The summed E-state index contributed by atoms with van der Waals surface area (Å²) in [5, 5.41) is 5.55. The lowest BCUT2D eigenvalue weighted by Gasteiger charge is -2.19. The first-order chi connectivity index (χ1) is 17.9. The summed E-state index contributed by atoms with van der Waals surface area (Å²) in [6.07, 6.45) is 6.06. The number of nitrogens with one attached hydrogen (secondary N) is 3. The lowest BCUT2D eigenvalue weighted by molar-refractivity contribution is -0.144. The van der Waals surface area contributed by atoms with Gasteiger partial charge in [0.2, 0.25) is 21.8 Å². The largest absolute Gasteiger partial charge is 0.462 e. The van der Waals surface area contributed by atoms with Crippen LogP contribution >= 0.6 is 11.6 Å². The summed E-state index contributed by atoms with van der Waals surface area (Å²) in [5.74, 6) is -3.21. The summed E-state index contributed by atoms with van der Waals surface area (Å²) < 4.78 is 32.1. The first-order valence-corrected chi connectivity index (χ1v) is 13.8. The topological polar surface area (TPSA) is 183 Å². The maximum absolute atomic E-state index is 12.8. The van der Waals surface area contributed by atoms with Crippen molar-refractivity contribution in [1.82, 2.24) is 15.4 Å². The Bertz CT molecular complexity index is 1150. The van der Waals surface area contributed by atoms with Gasteiger partial charge in [-0.2, -0.15) is 0 Å². The van der Waals surface area contributed by atoms with Gasteiger partial charge < -0.3 is 26.8 Å². The Balaban J connectivity index is 2.85. The molecule has 1 rings (SSSR count). The van der Waals surface area contributed by atoms with Crippen LogP contribution in [0.1, 0.15) is 37.8 Å². The number of esters is 1. The van der Waals surface area contributed by atoms with Crippen molar-refractivity contribution < 1.29 is 27.5 Å². The van der Waals surface area contributed by atoms with Crippen LogP contribution in [0.3, 0.4) is 0 Å². The molecule has 0 fully saturated rings. The maximum Gasteiger partial charge on any atom is 0.322 e. The highest BCUT2D eigenvalue weighted by Gasteiger charge is 2.27. The maximum atomic E-state index is 12.8.